The summed E-state index contributed by atoms with van der Waals surface area (Å²) in [6.07, 6.45) is 5.89. The van der Waals surface area contributed by atoms with Crippen LogP contribution in [0.4, 0.5) is 5.95 Å². The highest BCUT2D eigenvalue weighted by Gasteiger charge is 2.46. The fraction of sp³-hybridized carbons (Fsp3) is 0.269. The highest BCUT2D eigenvalue weighted by atomic mass is 32.1. The highest BCUT2D eigenvalue weighted by molar-refractivity contribution is 7.13. The lowest BCUT2D eigenvalue weighted by Gasteiger charge is -2.21. The SMILES string of the molecule is CN1CCC(O)(c2cccc(-c3nc(-c4ccnc(NC5(c6ccccn6)CC5)n4)cs3)c2)C1=O. The zero-order chi connectivity index (χ0) is 24.0. The standard InChI is InChI=1S/C26H24N6O2S/c1-32-14-11-26(34,23(32)33)18-6-4-5-17(15-18)22-29-20(16-35-22)19-8-13-28-24(30-19)31-25(9-10-25)21-7-2-3-12-27-21/h2-8,12-13,15-16,34H,9-11,14H2,1H3,(H,28,30,31). The van der Waals surface area contributed by atoms with Crippen molar-refractivity contribution in [3.05, 3.63) is 77.6 Å². The van der Waals surface area contributed by atoms with Crippen LogP contribution in [-0.4, -0.2) is 49.4 Å². The van der Waals surface area contributed by atoms with Crippen LogP contribution in [0.5, 0.6) is 0 Å². The van der Waals surface area contributed by atoms with Crippen molar-refractivity contribution in [1.29, 1.82) is 0 Å². The van der Waals surface area contributed by atoms with Gasteiger partial charge in [0.15, 0.2) is 5.60 Å². The lowest BCUT2D eigenvalue weighted by atomic mass is 9.91. The van der Waals surface area contributed by atoms with Crippen molar-refractivity contribution in [3.8, 4) is 22.0 Å². The van der Waals surface area contributed by atoms with Crippen LogP contribution in [0.3, 0.4) is 0 Å². The van der Waals surface area contributed by atoms with Gasteiger partial charge in [-0.3, -0.25) is 9.78 Å². The van der Waals surface area contributed by atoms with Crippen LogP contribution in [0.25, 0.3) is 22.0 Å². The summed E-state index contributed by atoms with van der Waals surface area (Å²) >= 11 is 1.50. The molecular formula is C26H24N6O2S. The number of thiazole rings is 1. The second-order valence-corrected chi connectivity index (χ2v) is 10.0. The summed E-state index contributed by atoms with van der Waals surface area (Å²) in [5.74, 6) is 0.280. The molecule has 1 aliphatic heterocycles. The Morgan fingerprint density at radius 1 is 1.00 bits per heavy atom. The van der Waals surface area contributed by atoms with Crippen molar-refractivity contribution in [2.24, 2.45) is 0 Å². The Hall–Kier alpha value is -3.69. The number of carbonyl (C=O) groups is 1. The number of benzene rings is 1. The number of anilines is 1. The average molecular weight is 485 g/mol. The summed E-state index contributed by atoms with van der Waals surface area (Å²) in [7, 11) is 1.71. The minimum Gasteiger partial charge on any atom is -0.375 e. The largest absolute Gasteiger partial charge is 0.375 e. The van der Waals surface area contributed by atoms with Crippen LogP contribution in [-0.2, 0) is 15.9 Å². The zero-order valence-corrected chi connectivity index (χ0v) is 20.0. The number of rotatable bonds is 6. The molecule has 0 bridgehead atoms. The van der Waals surface area contributed by atoms with Gasteiger partial charge in [0.05, 0.1) is 16.9 Å². The fourth-order valence-electron chi connectivity index (χ4n) is 4.55. The Kier molecular flexibility index (Phi) is 5.12. The predicted molar refractivity (Wildman–Crippen MR) is 133 cm³/mol. The smallest absolute Gasteiger partial charge is 0.258 e. The molecule has 9 heteroatoms. The molecule has 0 radical (unpaired) electrons. The number of nitrogens with one attached hydrogen (secondary N) is 1. The molecule has 1 unspecified atom stereocenters. The lowest BCUT2D eigenvalue weighted by molar-refractivity contribution is -0.143. The first kappa shape index (κ1) is 21.8. The van der Waals surface area contributed by atoms with Gasteiger partial charge in [0.1, 0.15) is 10.7 Å². The second-order valence-electron chi connectivity index (χ2n) is 9.14. The molecule has 1 amide bonds. The number of hydrogen-bond acceptors (Lipinski definition) is 8. The van der Waals surface area contributed by atoms with Crippen LogP contribution in [0, 0.1) is 0 Å². The van der Waals surface area contributed by atoms with Crippen molar-refractivity contribution >= 4 is 23.2 Å². The summed E-state index contributed by atoms with van der Waals surface area (Å²) in [6, 6.07) is 15.2. The Balaban J connectivity index is 1.25. The van der Waals surface area contributed by atoms with Crippen LogP contribution in [0.15, 0.2) is 66.3 Å². The van der Waals surface area contributed by atoms with E-state index < -0.39 is 5.60 Å². The second kappa shape index (κ2) is 8.21. The topological polar surface area (TPSA) is 104 Å². The van der Waals surface area contributed by atoms with E-state index in [1.807, 2.05) is 47.8 Å². The van der Waals surface area contributed by atoms with Gasteiger partial charge in [-0.05, 0) is 42.7 Å². The number of likely N-dealkylation sites (tertiary alicyclic amines) is 1. The molecule has 2 aliphatic rings. The van der Waals surface area contributed by atoms with Crippen molar-refractivity contribution in [3.63, 3.8) is 0 Å². The van der Waals surface area contributed by atoms with Crippen LogP contribution in [0.2, 0.25) is 0 Å². The quantitative estimate of drug-likeness (QED) is 0.429. The third-order valence-electron chi connectivity index (χ3n) is 6.78. The molecule has 1 aromatic carbocycles. The molecule has 0 spiro atoms. The molecule has 4 heterocycles. The average Bonchev–Trinajstić information content (AvgIpc) is 3.41. The van der Waals surface area contributed by atoms with E-state index in [1.165, 1.54) is 11.3 Å². The number of nitrogens with zero attached hydrogens (tertiary/aromatic N) is 5. The first-order valence-electron chi connectivity index (χ1n) is 11.5. The number of aliphatic hydroxyl groups is 1. The molecule has 8 nitrogen and oxygen atoms in total. The maximum Gasteiger partial charge on any atom is 0.258 e. The van der Waals surface area contributed by atoms with Crippen molar-refractivity contribution in [2.75, 3.05) is 18.9 Å². The van der Waals surface area contributed by atoms with E-state index in [4.69, 9.17) is 9.97 Å². The van der Waals surface area contributed by atoms with E-state index in [2.05, 4.69) is 15.3 Å². The Morgan fingerprint density at radius 3 is 2.63 bits per heavy atom. The van der Waals surface area contributed by atoms with Crippen molar-refractivity contribution in [2.45, 2.75) is 30.4 Å². The molecule has 6 rings (SSSR count). The van der Waals surface area contributed by atoms with Gasteiger partial charge in [0.25, 0.3) is 5.91 Å². The van der Waals surface area contributed by atoms with Gasteiger partial charge in [0.2, 0.25) is 5.95 Å². The predicted octanol–water partition coefficient (Wildman–Crippen LogP) is 3.81. The van der Waals surface area contributed by atoms with E-state index in [-0.39, 0.29) is 11.4 Å². The highest BCUT2D eigenvalue weighted by Crippen LogP contribution is 2.47. The number of aromatic nitrogens is 4. The minimum atomic E-state index is -1.48. The van der Waals surface area contributed by atoms with E-state index >= 15 is 0 Å². The molecule has 176 valence electrons. The van der Waals surface area contributed by atoms with Gasteiger partial charge in [-0.2, -0.15) is 0 Å². The normalized spacial score (nSPS) is 20.7. The molecule has 3 aromatic heterocycles. The van der Waals surface area contributed by atoms with Crippen LogP contribution < -0.4 is 5.32 Å². The molecule has 2 N–H and O–H groups in total. The summed E-state index contributed by atoms with van der Waals surface area (Å²) < 4.78 is 0. The Morgan fingerprint density at radius 2 is 1.89 bits per heavy atom. The molecule has 1 atom stereocenters. The van der Waals surface area contributed by atoms with Gasteiger partial charge in [-0.25, -0.2) is 15.0 Å². The Labute approximate surface area is 206 Å². The van der Waals surface area contributed by atoms with E-state index in [1.54, 1.807) is 30.4 Å². The Bertz CT molecular complexity index is 1400. The first-order chi connectivity index (χ1) is 17.0. The number of hydrogen-bond donors (Lipinski definition) is 2. The number of carbonyl (C=O) groups excluding carboxylic acids is 1. The molecule has 35 heavy (non-hydrogen) atoms. The third-order valence-corrected chi connectivity index (χ3v) is 7.67. The lowest BCUT2D eigenvalue weighted by Crippen LogP contribution is -2.36. The maximum absolute atomic E-state index is 12.5. The molecule has 1 aliphatic carbocycles. The molecular weight excluding hydrogens is 460 g/mol. The third kappa shape index (κ3) is 3.86. The summed E-state index contributed by atoms with van der Waals surface area (Å²) in [5, 5.41) is 17.3. The fourth-order valence-corrected chi connectivity index (χ4v) is 5.36. The van der Waals surface area contributed by atoms with Gasteiger partial charge < -0.3 is 15.3 Å². The van der Waals surface area contributed by atoms with E-state index in [9.17, 15) is 9.90 Å². The zero-order valence-electron chi connectivity index (χ0n) is 19.2. The molecule has 2 fully saturated rings. The molecule has 4 aromatic rings. The number of likely N-dealkylation sites (N-methyl/N-ethyl adjacent to an activating group) is 1. The van der Waals surface area contributed by atoms with Gasteiger partial charge in [-0.15, -0.1) is 11.3 Å². The number of amides is 1. The first-order valence-corrected chi connectivity index (χ1v) is 12.4. The van der Waals surface area contributed by atoms with Crippen LogP contribution >= 0.6 is 11.3 Å². The van der Waals surface area contributed by atoms with Crippen molar-refractivity contribution in [1.82, 2.24) is 24.8 Å². The maximum atomic E-state index is 12.5. The summed E-state index contributed by atoms with van der Waals surface area (Å²) in [6.45, 7) is 0.534. The van der Waals surface area contributed by atoms with Gasteiger partial charge in [-0.1, -0.05) is 24.3 Å². The summed E-state index contributed by atoms with van der Waals surface area (Å²) in [4.78, 5) is 32.5. The van der Waals surface area contributed by atoms with E-state index in [0.29, 0.717) is 24.5 Å². The monoisotopic (exact) mass is 484 g/mol. The number of pyridine rings is 1. The van der Waals surface area contributed by atoms with E-state index in [0.717, 1.165) is 40.5 Å². The van der Waals surface area contributed by atoms with Gasteiger partial charge >= 0.3 is 0 Å². The van der Waals surface area contributed by atoms with Crippen LogP contribution in [0.1, 0.15) is 30.5 Å². The molecule has 1 saturated heterocycles. The molecule has 1 saturated carbocycles. The van der Waals surface area contributed by atoms with Gasteiger partial charge in [0, 0.05) is 43.4 Å². The minimum absolute atomic E-state index is 0.209. The van der Waals surface area contributed by atoms with Crippen molar-refractivity contribution < 1.29 is 9.90 Å². The summed E-state index contributed by atoms with van der Waals surface area (Å²) in [5.41, 5.74) is 2.23.